The second kappa shape index (κ2) is 8.26. The minimum atomic E-state index is -0.328. The summed E-state index contributed by atoms with van der Waals surface area (Å²) in [6, 6.07) is 12.5. The van der Waals surface area contributed by atoms with Gasteiger partial charge in [0.2, 0.25) is 0 Å². The second-order valence-electron chi connectivity index (χ2n) is 7.72. The molecule has 1 N–H and O–H groups in total. The number of imidazole rings is 1. The van der Waals surface area contributed by atoms with Gasteiger partial charge in [-0.15, -0.1) is 0 Å². The van der Waals surface area contributed by atoms with Gasteiger partial charge in [0.15, 0.2) is 5.43 Å². The van der Waals surface area contributed by atoms with E-state index >= 15 is 0 Å². The summed E-state index contributed by atoms with van der Waals surface area (Å²) in [5.41, 5.74) is 3.44. The molecule has 2 aromatic heterocycles. The number of nitrogens with zero attached hydrogens (tertiary/aromatic N) is 3. The number of nitrogens with one attached hydrogen (secondary N) is 1. The van der Waals surface area contributed by atoms with Crippen molar-refractivity contribution in [2.45, 2.75) is 13.1 Å². The van der Waals surface area contributed by atoms with Crippen LogP contribution in [0.15, 0.2) is 53.6 Å². The highest BCUT2D eigenvalue weighted by atomic mass is 35.5. The molecule has 1 aliphatic rings. The molecule has 1 fully saturated rings. The average molecular weight is 437 g/mol. The highest BCUT2D eigenvalue weighted by molar-refractivity contribution is 6.30. The number of morpholine rings is 1. The smallest absolute Gasteiger partial charge is 0.268 e. The van der Waals surface area contributed by atoms with E-state index in [1.165, 1.54) is 6.07 Å². The third-order valence-electron chi connectivity index (χ3n) is 5.60. The van der Waals surface area contributed by atoms with Crippen LogP contribution >= 0.6 is 11.6 Å². The first-order valence-corrected chi connectivity index (χ1v) is 10.6. The number of carbonyl (C=O) groups is 1. The third kappa shape index (κ3) is 3.99. The van der Waals surface area contributed by atoms with E-state index in [1.807, 2.05) is 24.3 Å². The van der Waals surface area contributed by atoms with Crippen LogP contribution in [-0.4, -0.2) is 46.5 Å². The fourth-order valence-electron chi connectivity index (χ4n) is 4.01. The van der Waals surface area contributed by atoms with Gasteiger partial charge in [-0.25, -0.2) is 4.98 Å². The second-order valence-corrected chi connectivity index (χ2v) is 8.15. The van der Waals surface area contributed by atoms with Crippen molar-refractivity contribution < 1.29 is 9.53 Å². The van der Waals surface area contributed by atoms with Crippen molar-refractivity contribution in [3.63, 3.8) is 0 Å². The van der Waals surface area contributed by atoms with E-state index in [0.717, 1.165) is 44.0 Å². The Kier molecular flexibility index (Phi) is 5.31. The minimum absolute atomic E-state index is 0.182. The Morgan fingerprint density at radius 3 is 2.65 bits per heavy atom. The van der Waals surface area contributed by atoms with Crippen molar-refractivity contribution in [2.24, 2.45) is 0 Å². The van der Waals surface area contributed by atoms with E-state index in [-0.39, 0.29) is 17.0 Å². The molecule has 0 saturated carbocycles. The number of halogens is 1. The Labute approximate surface area is 183 Å². The normalized spacial score (nSPS) is 15.0. The van der Waals surface area contributed by atoms with Gasteiger partial charge in [-0.1, -0.05) is 23.7 Å². The van der Waals surface area contributed by atoms with Gasteiger partial charge in [-0.05, 0) is 35.4 Å². The van der Waals surface area contributed by atoms with Crippen molar-refractivity contribution in [2.75, 3.05) is 26.3 Å². The number of benzene rings is 2. The molecule has 1 saturated heterocycles. The van der Waals surface area contributed by atoms with Crippen LogP contribution < -0.4 is 10.7 Å². The van der Waals surface area contributed by atoms with Crippen LogP contribution in [0.1, 0.15) is 21.6 Å². The van der Waals surface area contributed by atoms with Crippen molar-refractivity contribution in [1.82, 2.24) is 19.6 Å². The lowest BCUT2D eigenvalue weighted by Gasteiger charge is -2.26. The lowest BCUT2D eigenvalue weighted by atomic mass is 10.1. The Bertz CT molecular complexity index is 1300. The van der Waals surface area contributed by atoms with Crippen LogP contribution in [-0.2, 0) is 17.8 Å². The average Bonchev–Trinajstić information content (AvgIpc) is 3.20. The molecule has 4 aromatic rings. The minimum Gasteiger partial charge on any atom is -0.379 e. The molecule has 0 atom stereocenters. The van der Waals surface area contributed by atoms with Crippen LogP contribution in [0.3, 0.4) is 0 Å². The first-order valence-electron chi connectivity index (χ1n) is 10.2. The van der Waals surface area contributed by atoms with Gasteiger partial charge in [0.1, 0.15) is 12.0 Å². The molecule has 5 rings (SSSR count). The van der Waals surface area contributed by atoms with Crippen molar-refractivity contribution in [3.8, 4) is 0 Å². The molecule has 7 nitrogen and oxygen atoms in total. The van der Waals surface area contributed by atoms with Crippen LogP contribution in [0.4, 0.5) is 0 Å². The predicted octanol–water partition coefficient (Wildman–Crippen LogP) is 2.70. The van der Waals surface area contributed by atoms with E-state index in [4.69, 9.17) is 16.3 Å². The molecule has 0 spiro atoms. The summed E-state index contributed by atoms with van der Waals surface area (Å²) in [5, 5.41) is 4.08. The molecule has 8 heteroatoms. The quantitative estimate of drug-likeness (QED) is 0.520. The van der Waals surface area contributed by atoms with E-state index in [9.17, 15) is 9.59 Å². The molecule has 1 amide bonds. The summed E-state index contributed by atoms with van der Waals surface area (Å²) in [6.45, 7) is 4.26. The highest BCUT2D eigenvalue weighted by Crippen LogP contribution is 2.22. The summed E-state index contributed by atoms with van der Waals surface area (Å²) in [6.07, 6.45) is 1.60. The highest BCUT2D eigenvalue weighted by Gasteiger charge is 2.18. The Morgan fingerprint density at radius 2 is 1.87 bits per heavy atom. The lowest BCUT2D eigenvalue weighted by molar-refractivity contribution is 0.0342. The third-order valence-corrected chi connectivity index (χ3v) is 5.86. The molecule has 1 aliphatic heterocycles. The largest absolute Gasteiger partial charge is 0.379 e. The maximum Gasteiger partial charge on any atom is 0.268 e. The van der Waals surface area contributed by atoms with E-state index in [2.05, 4.69) is 15.2 Å². The van der Waals surface area contributed by atoms with E-state index in [1.54, 1.807) is 22.9 Å². The number of pyridine rings is 1. The molecule has 0 unspecified atom stereocenters. The molecular formula is C23H21ClN4O3. The Morgan fingerprint density at radius 1 is 1.10 bits per heavy atom. The molecule has 3 heterocycles. The van der Waals surface area contributed by atoms with Crippen LogP contribution in [0, 0.1) is 0 Å². The number of hydrogen-bond donors (Lipinski definition) is 1. The lowest BCUT2D eigenvalue weighted by Crippen LogP contribution is -2.35. The zero-order valence-electron chi connectivity index (χ0n) is 16.8. The van der Waals surface area contributed by atoms with Crippen LogP contribution in [0.2, 0.25) is 5.02 Å². The van der Waals surface area contributed by atoms with E-state index < -0.39 is 0 Å². The number of rotatable bonds is 5. The molecule has 158 valence electrons. The van der Waals surface area contributed by atoms with Crippen molar-refractivity contribution in [1.29, 1.82) is 0 Å². The van der Waals surface area contributed by atoms with E-state index in [0.29, 0.717) is 28.0 Å². The summed E-state index contributed by atoms with van der Waals surface area (Å²) in [5.74, 6) is -0.328. The van der Waals surface area contributed by atoms with Crippen LogP contribution in [0.5, 0.6) is 0 Å². The summed E-state index contributed by atoms with van der Waals surface area (Å²) in [4.78, 5) is 32.5. The number of ether oxygens (including phenoxy) is 1. The fourth-order valence-corrected chi connectivity index (χ4v) is 4.13. The van der Waals surface area contributed by atoms with Gasteiger partial charge < -0.3 is 10.1 Å². The maximum absolute atomic E-state index is 12.9. The molecule has 2 aromatic carbocycles. The molecule has 0 radical (unpaired) electrons. The molecular weight excluding hydrogens is 416 g/mol. The number of aromatic nitrogens is 2. The monoisotopic (exact) mass is 436 g/mol. The standard InChI is InChI=1S/C23H21ClN4O3/c24-17-3-1-15(2-4-17)12-25-23(30)20-11-21(29)18-9-16(13-27-5-7-31-8-6-27)10-19-22(18)28(20)14-26-19/h1-4,9-11,14H,5-8,12-13H2,(H,25,30). The number of hydrogen-bond acceptors (Lipinski definition) is 5. The van der Waals surface area contributed by atoms with Gasteiger partial charge in [-0.3, -0.25) is 18.9 Å². The summed E-state index contributed by atoms with van der Waals surface area (Å²) in [7, 11) is 0. The zero-order chi connectivity index (χ0) is 21.4. The van der Waals surface area contributed by atoms with Gasteiger partial charge in [0.25, 0.3) is 5.91 Å². The molecule has 0 bridgehead atoms. The number of carbonyl (C=O) groups excluding carboxylic acids is 1. The van der Waals surface area contributed by atoms with Crippen molar-refractivity contribution in [3.05, 3.63) is 80.9 Å². The topological polar surface area (TPSA) is 75.9 Å². The first kappa shape index (κ1) is 19.9. The van der Waals surface area contributed by atoms with Crippen LogP contribution in [0.25, 0.3) is 16.4 Å². The summed E-state index contributed by atoms with van der Waals surface area (Å²) < 4.78 is 7.10. The molecule has 31 heavy (non-hydrogen) atoms. The number of amides is 1. The zero-order valence-corrected chi connectivity index (χ0v) is 17.6. The van der Waals surface area contributed by atoms with Gasteiger partial charge >= 0.3 is 0 Å². The Hall–Kier alpha value is -3.00. The summed E-state index contributed by atoms with van der Waals surface area (Å²) >= 11 is 5.91. The predicted molar refractivity (Wildman–Crippen MR) is 119 cm³/mol. The van der Waals surface area contributed by atoms with Gasteiger partial charge in [0, 0.05) is 42.7 Å². The first-order chi connectivity index (χ1) is 15.1. The fraction of sp³-hybridized carbons (Fsp3) is 0.261. The maximum atomic E-state index is 12.9. The SMILES string of the molecule is O=C(NCc1ccc(Cl)cc1)c1cc(=O)c2cc(CN3CCOCC3)cc3ncn1c32. The Balaban J connectivity index is 1.44. The van der Waals surface area contributed by atoms with Gasteiger partial charge in [-0.2, -0.15) is 0 Å². The molecule has 0 aliphatic carbocycles. The van der Waals surface area contributed by atoms with Crippen molar-refractivity contribution >= 4 is 33.9 Å². The van der Waals surface area contributed by atoms with Gasteiger partial charge in [0.05, 0.1) is 24.2 Å².